The molecule has 94 valence electrons. The van der Waals surface area contributed by atoms with E-state index in [-0.39, 0.29) is 5.91 Å². The topological polar surface area (TPSA) is 49.0 Å². The Morgan fingerprint density at radius 3 is 3.17 bits per heavy atom. The maximum atomic E-state index is 11.8. The van der Waals surface area contributed by atoms with Crippen molar-refractivity contribution in [2.24, 2.45) is 5.92 Å². The highest BCUT2D eigenvalue weighted by atomic mass is 32.1. The Balaban J connectivity index is 1.77. The molecule has 1 saturated heterocycles. The number of carbonyl (C=O) groups excluding carboxylic acids is 1. The summed E-state index contributed by atoms with van der Waals surface area (Å²) in [5, 5.41) is 0. The lowest BCUT2D eigenvalue weighted by molar-refractivity contribution is -0.128. The summed E-state index contributed by atoms with van der Waals surface area (Å²) in [6.07, 6.45) is 2.32. The molecule has 3 rings (SSSR count). The number of hydrogen-bond acceptors (Lipinski definition) is 3. The van der Waals surface area contributed by atoms with E-state index in [9.17, 15) is 4.79 Å². The van der Waals surface area contributed by atoms with Crippen LogP contribution in [-0.2, 0) is 11.3 Å². The molecule has 1 aromatic carbocycles. The first kappa shape index (κ1) is 11.6. The van der Waals surface area contributed by atoms with E-state index in [0.29, 0.717) is 18.9 Å². The molecule has 1 fully saturated rings. The van der Waals surface area contributed by atoms with Gasteiger partial charge in [0, 0.05) is 19.5 Å². The second-order valence-corrected chi connectivity index (χ2v) is 5.15. The number of benzene rings is 1. The van der Waals surface area contributed by atoms with Crippen LogP contribution >= 0.6 is 12.6 Å². The molecule has 2 heterocycles. The van der Waals surface area contributed by atoms with Crippen LogP contribution in [0.25, 0.3) is 11.0 Å². The Morgan fingerprint density at radius 1 is 1.50 bits per heavy atom. The Bertz CT molecular complexity index is 580. The van der Waals surface area contributed by atoms with Crippen molar-refractivity contribution < 1.29 is 4.79 Å². The fourth-order valence-electron chi connectivity index (χ4n) is 2.43. The highest BCUT2D eigenvalue weighted by Crippen LogP contribution is 2.22. The van der Waals surface area contributed by atoms with Crippen LogP contribution < -0.4 is 0 Å². The molecule has 18 heavy (non-hydrogen) atoms. The van der Waals surface area contributed by atoms with Crippen molar-refractivity contribution in [3.63, 3.8) is 0 Å². The first-order valence-electron chi connectivity index (χ1n) is 6.07. The van der Waals surface area contributed by atoms with Crippen molar-refractivity contribution >= 4 is 29.6 Å². The summed E-state index contributed by atoms with van der Waals surface area (Å²) >= 11 is 4.27. The maximum absolute atomic E-state index is 11.8. The number of nitrogens with zero attached hydrogens (tertiary/aromatic N) is 2. The number of rotatable bonds is 3. The summed E-state index contributed by atoms with van der Waals surface area (Å²) in [5.41, 5.74) is 3.12. The fourth-order valence-corrected chi connectivity index (χ4v) is 2.68. The van der Waals surface area contributed by atoms with Crippen molar-refractivity contribution in [2.45, 2.75) is 13.0 Å². The molecule has 0 aliphatic carbocycles. The first-order chi connectivity index (χ1) is 8.76. The molecule has 1 amide bonds. The average molecular weight is 261 g/mol. The largest absolute Gasteiger partial charge is 0.345 e. The normalized spacial score (nSPS) is 19.9. The van der Waals surface area contributed by atoms with Gasteiger partial charge in [-0.3, -0.25) is 4.79 Å². The van der Waals surface area contributed by atoms with E-state index < -0.39 is 0 Å². The van der Waals surface area contributed by atoms with Gasteiger partial charge in [-0.1, -0.05) is 6.07 Å². The van der Waals surface area contributed by atoms with E-state index in [0.717, 1.165) is 28.9 Å². The van der Waals surface area contributed by atoms with Crippen LogP contribution in [0, 0.1) is 5.92 Å². The van der Waals surface area contributed by atoms with Crippen LogP contribution in [0.2, 0.25) is 0 Å². The zero-order valence-electron chi connectivity index (χ0n) is 9.97. The molecule has 1 aliphatic heterocycles. The molecule has 0 bridgehead atoms. The van der Waals surface area contributed by atoms with Crippen LogP contribution in [-0.4, -0.2) is 33.1 Å². The first-order valence-corrected chi connectivity index (χ1v) is 6.70. The number of fused-ring (bicyclic) bond motifs is 1. The number of likely N-dealkylation sites (tertiary alicyclic amines) is 1. The molecule has 1 aliphatic rings. The molecule has 1 unspecified atom stereocenters. The van der Waals surface area contributed by atoms with Gasteiger partial charge in [-0.15, -0.1) is 0 Å². The summed E-state index contributed by atoms with van der Waals surface area (Å²) < 4.78 is 0. The number of amides is 1. The highest BCUT2D eigenvalue weighted by Gasteiger charge is 2.28. The van der Waals surface area contributed by atoms with Gasteiger partial charge in [0.05, 0.1) is 17.4 Å². The third kappa shape index (κ3) is 2.10. The molecule has 1 atom stereocenters. The Morgan fingerprint density at radius 2 is 2.39 bits per heavy atom. The van der Waals surface area contributed by atoms with Crippen molar-refractivity contribution in [1.29, 1.82) is 0 Å². The number of carbonyl (C=O) groups is 1. The molecule has 1 N–H and O–H groups in total. The minimum Gasteiger partial charge on any atom is -0.345 e. The lowest BCUT2D eigenvalue weighted by Crippen LogP contribution is -2.24. The molecule has 4 nitrogen and oxygen atoms in total. The summed E-state index contributed by atoms with van der Waals surface area (Å²) in [7, 11) is 0. The van der Waals surface area contributed by atoms with Crippen LogP contribution in [0.4, 0.5) is 0 Å². The molecule has 0 spiro atoms. The number of hydrogen-bond donors (Lipinski definition) is 2. The van der Waals surface area contributed by atoms with Crippen LogP contribution in [0.1, 0.15) is 12.0 Å². The lowest BCUT2D eigenvalue weighted by atomic mass is 10.1. The fraction of sp³-hybridized carbons (Fsp3) is 0.385. The van der Waals surface area contributed by atoms with Gasteiger partial charge in [0.2, 0.25) is 5.91 Å². The van der Waals surface area contributed by atoms with Gasteiger partial charge in [-0.05, 0) is 29.4 Å². The number of imidazole rings is 1. The quantitative estimate of drug-likeness (QED) is 0.828. The number of nitrogens with one attached hydrogen (secondary N) is 1. The minimum absolute atomic E-state index is 0.235. The van der Waals surface area contributed by atoms with Gasteiger partial charge in [0.1, 0.15) is 0 Å². The Hall–Kier alpha value is -1.49. The number of aromatic nitrogens is 2. The average Bonchev–Trinajstić information content (AvgIpc) is 2.96. The third-order valence-corrected chi connectivity index (χ3v) is 3.93. The smallest absolute Gasteiger partial charge is 0.223 e. The number of thiol groups is 1. The lowest BCUT2D eigenvalue weighted by Gasteiger charge is -2.16. The predicted molar refractivity (Wildman–Crippen MR) is 73.5 cm³/mol. The van der Waals surface area contributed by atoms with Crippen molar-refractivity contribution in [1.82, 2.24) is 14.9 Å². The SMILES string of the molecule is O=C1CC(CS)CN1Cc1ccc2nc[nH]c2c1. The Kier molecular flexibility index (Phi) is 2.99. The van der Waals surface area contributed by atoms with E-state index in [2.05, 4.69) is 28.7 Å². The van der Waals surface area contributed by atoms with E-state index in [4.69, 9.17) is 0 Å². The molecule has 5 heteroatoms. The Labute approximate surface area is 111 Å². The second-order valence-electron chi connectivity index (χ2n) is 4.78. The maximum Gasteiger partial charge on any atom is 0.223 e. The minimum atomic E-state index is 0.235. The number of aromatic amines is 1. The monoisotopic (exact) mass is 261 g/mol. The van der Waals surface area contributed by atoms with Gasteiger partial charge >= 0.3 is 0 Å². The molecule has 0 saturated carbocycles. The molecule has 1 aromatic heterocycles. The zero-order chi connectivity index (χ0) is 12.5. The summed E-state index contributed by atoms with van der Waals surface area (Å²) in [4.78, 5) is 21.0. The molecule has 0 radical (unpaired) electrons. The molecular weight excluding hydrogens is 246 g/mol. The van der Waals surface area contributed by atoms with Gasteiger partial charge in [0.15, 0.2) is 0 Å². The van der Waals surface area contributed by atoms with Gasteiger partial charge in [0.25, 0.3) is 0 Å². The zero-order valence-corrected chi connectivity index (χ0v) is 10.9. The van der Waals surface area contributed by atoms with Crippen molar-refractivity contribution in [3.05, 3.63) is 30.1 Å². The molecular formula is C13H15N3OS. The number of H-pyrrole nitrogens is 1. The van der Waals surface area contributed by atoms with Crippen molar-refractivity contribution in [2.75, 3.05) is 12.3 Å². The van der Waals surface area contributed by atoms with Gasteiger partial charge in [-0.25, -0.2) is 4.98 Å². The van der Waals surface area contributed by atoms with E-state index >= 15 is 0 Å². The van der Waals surface area contributed by atoms with E-state index in [1.165, 1.54) is 0 Å². The summed E-state index contributed by atoms with van der Waals surface area (Å²) in [6, 6.07) is 6.08. The van der Waals surface area contributed by atoms with E-state index in [1.54, 1.807) is 6.33 Å². The van der Waals surface area contributed by atoms with Crippen molar-refractivity contribution in [3.8, 4) is 0 Å². The molecule has 2 aromatic rings. The highest BCUT2D eigenvalue weighted by molar-refractivity contribution is 7.80. The van der Waals surface area contributed by atoms with Gasteiger partial charge in [-0.2, -0.15) is 12.6 Å². The summed E-state index contributed by atoms with van der Waals surface area (Å²) in [5.74, 6) is 1.41. The predicted octanol–water partition coefficient (Wildman–Crippen LogP) is 1.84. The van der Waals surface area contributed by atoms with Crippen LogP contribution in [0.3, 0.4) is 0 Å². The van der Waals surface area contributed by atoms with E-state index in [1.807, 2.05) is 17.0 Å². The third-order valence-electron chi connectivity index (χ3n) is 3.41. The second kappa shape index (κ2) is 4.65. The summed E-state index contributed by atoms with van der Waals surface area (Å²) in [6.45, 7) is 1.50. The van der Waals surface area contributed by atoms with Gasteiger partial charge < -0.3 is 9.88 Å². The standard InChI is InChI=1S/C13H15N3OS/c17-13-4-10(7-18)6-16(13)5-9-1-2-11-12(3-9)15-8-14-11/h1-3,8,10,18H,4-7H2,(H,14,15). The van der Waals surface area contributed by atoms with Crippen LogP contribution in [0.5, 0.6) is 0 Å². The van der Waals surface area contributed by atoms with Crippen LogP contribution in [0.15, 0.2) is 24.5 Å².